The summed E-state index contributed by atoms with van der Waals surface area (Å²) in [6.45, 7) is 25.2. The van der Waals surface area contributed by atoms with Crippen LogP contribution in [-0.4, -0.2) is 11.4 Å². The molecule has 2 aromatic carbocycles. The van der Waals surface area contributed by atoms with Gasteiger partial charge in [0.15, 0.2) is 0 Å². The number of hydrogen-bond acceptors (Lipinski definition) is 1. The maximum absolute atomic E-state index is 3.81. The quantitative estimate of drug-likeness (QED) is 0.0466. The van der Waals surface area contributed by atoms with Crippen molar-refractivity contribution >= 4 is 0 Å². The Labute approximate surface area is 497 Å². The summed E-state index contributed by atoms with van der Waals surface area (Å²) in [4.78, 5) is 2.31. The van der Waals surface area contributed by atoms with E-state index in [2.05, 4.69) is 269 Å². The molecule has 0 heterocycles. The summed E-state index contributed by atoms with van der Waals surface area (Å²) in [7, 11) is 0. The van der Waals surface area contributed by atoms with Crippen LogP contribution in [0.4, 0.5) is 0 Å². The summed E-state index contributed by atoms with van der Waals surface area (Å²) < 4.78 is 0. The molecule has 4 aliphatic carbocycles. The van der Waals surface area contributed by atoms with E-state index in [1.807, 2.05) is 60.6 Å². The van der Waals surface area contributed by atoms with Crippen LogP contribution in [0.15, 0.2) is 295 Å². The zero-order chi connectivity index (χ0) is 57.8. The van der Waals surface area contributed by atoms with Crippen molar-refractivity contribution in [3.05, 3.63) is 312 Å². The molecule has 2 aromatic rings. The molecule has 81 heavy (non-hydrogen) atoms. The average Bonchev–Trinajstić information content (AvgIpc) is 3.92. The third kappa shape index (κ3) is 25.2. The minimum absolute atomic E-state index is 0. The van der Waals surface area contributed by atoms with Crippen LogP contribution in [0.2, 0.25) is 0 Å². The van der Waals surface area contributed by atoms with Crippen LogP contribution in [0.3, 0.4) is 0 Å². The monoisotopic (exact) mass is 1080 g/mol. The Kier molecular flexibility index (Phi) is 38.8. The molecule has 0 bridgehead atoms. The lowest BCUT2D eigenvalue weighted by Gasteiger charge is -2.25. The van der Waals surface area contributed by atoms with Crippen molar-refractivity contribution in [2.24, 2.45) is 11.8 Å². The molecular weight excluding hydrogens is 975 g/mol. The highest BCUT2D eigenvalue weighted by Gasteiger charge is 2.24. The predicted molar refractivity (Wildman–Crippen MR) is 366 cm³/mol. The summed E-state index contributed by atoms with van der Waals surface area (Å²) in [6.07, 6.45) is 85.0. The van der Waals surface area contributed by atoms with Gasteiger partial charge >= 0.3 is 0 Å². The van der Waals surface area contributed by atoms with Crippen LogP contribution in [0.5, 0.6) is 0 Å². The lowest BCUT2D eigenvalue weighted by molar-refractivity contribution is 0.525. The van der Waals surface area contributed by atoms with Crippen LogP contribution in [-0.2, 0) is 0 Å². The first-order valence-electron chi connectivity index (χ1n) is 30.8. The van der Waals surface area contributed by atoms with Crippen molar-refractivity contribution in [1.82, 2.24) is 4.90 Å². The molecule has 0 aliphatic heterocycles. The molecule has 4 atom stereocenters. The molecule has 0 saturated carbocycles. The molecule has 0 aromatic heterocycles. The van der Waals surface area contributed by atoms with Crippen LogP contribution >= 0.6 is 0 Å². The minimum atomic E-state index is 0. The second-order valence-electron chi connectivity index (χ2n) is 19.6. The van der Waals surface area contributed by atoms with Crippen molar-refractivity contribution in [2.45, 2.75) is 166 Å². The average molecular weight is 1080 g/mol. The van der Waals surface area contributed by atoms with Gasteiger partial charge < -0.3 is 4.90 Å². The summed E-state index contributed by atoms with van der Waals surface area (Å²) in [5.41, 5.74) is 14.1. The van der Waals surface area contributed by atoms with Crippen LogP contribution < -0.4 is 0 Å². The standard InChI is InChI=1S/C73H85N.3C2H6.CH4/c1-6-11-15-17-22-32-58-74(57-31-21-16-12-7-2)71-55-53-64(54-56-71)63-47-49-68(50-48-63)73(67-40-29-24-30-41-67)66(34-10-5)39-26-20-18-19-25-36-60(35-13-8-3)61-42-33-43-62(46-45-61)69-51-52-70(59-69)72(44-14-9-4)65-37-27-23-28-38-65;3*1-2;/h6-9,12-17,19,21-27,29-34,37,39-41,43,45-53,55-57,60,64,72-73H,1,10-11,18,20,28,35-36,38,42,44,54,58-59H2,2-5H3;3*1-2H3;1H4/b12-7-,13-8-,14-9-,17-15-,21-16-,25-19-,32-22-,39-26-,57-31+,66-34+;;;;. The smallest absolute Gasteiger partial charge is 0.0409 e. The molecule has 6 rings (SSSR count). The number of allylic oxidation sites excluding steroid dienone is 36. The molecular formula is C80H107N. The summed E-state index contributed by atoms with van der Waals surface area (Å²) in [6, 6.07) is 20.5. The Bertz CT molecular complexity index is 2690. The molecule has 0 saturated heterocycles. The van der Waals surface area contributed by atoms with Crippen LogP contribution in [0.25, 0.3) is 0 Å². The number of hydrogen-bond donors (Lipinski definition) is 0. The van der Waals surface area contributed by atoms with Crippen molar-refractivity contribution in [2.75, 3.05) is 6.54 Å². The maximum Gasteiger partial charge on any atom is 0.0409 e. The third-order valence-electron chi connectivity index (χ3n) is 14.3. The zero-order valence-corrected chi connectivity index (χ0v) is 51.3. The highest BCUT2D eigenvalue weighted by atomic mass is 15.1. The molecule has 0 amide bonds. The summed E-state index contributed by atoms with van der Waals surface area (Å²) in [5, 5.41) is 0. The fourth-order valence-electron chi connectivity index (χ4n) is 10.3. The second kappa shape index (κ2) is 44.7. The van der Waals surface area contributed by atoms with Gasteiger partial charge in [-0.25, -0.2) is 0 Å². The third-order valence-corrected chi connectivity index (χ3v) is 14.3. The lowest BCUT2D eigenvalue weighted by atomic mass is 9.82. The molecule has 0 radical (unpaired) electrons. The molecule has 0 N–H and O–H groups in total. The summed E-state index contributed by atoms with van der Waals surface area (Å²) in [5.74, 6) is 1.49. The Hall–Kier alpha value is -6.96. The predicted octanol–water partition coefficient (Wildman–Crippen LogP) is 24.2. The topological polar surface area (TPSA) is 3.24 Å². The van der Waals surface area contributed by atoms with Crippen molar-refractivity contribution < 1.29 is 0 Å². The number of nitrogens with zero attached hydrogens (tertiary/aromatic N) is 1. The Balaban J connectivity index is 0.00000310. The van der Waals surface area contributed by atoms with Gasteiger partial charge in [-0.1, -0.05) is 303 Å². The van der Waals surface area contributed by atoms with E-state index in [4.69, 9.17) is 0 Å². The largest absolute Gasteiger partial charge is 0.344 e. The second-order valence-corrected chi connectivity index (χ2v) is 19.6. The van der Waals surface area contributed by atoms with Crippen molar-refractivity contribution in [1.29, 1.82) is 0 Å². The van der Waals surface area contributed by atoms with E-state index < -0.39 is 0 Å². The van der Waals surface area contributed by atoms with E-state index >= 15 is 0 Å². The molecule has 4 aliphatic rings. The molecule has 1 nitrogen and oxygen atoms in total. The number of rotatable bonds is 28. The molecule has 432 valence electrons. The number of unbranched alkanes of at least 4 members (excludes halogenated alkanes) is 1. The van der Waals surface area contributed by atoms with Crippen LogP contribution in [0, 0.1) is 11.8 Å². The van der Waals surface area contributed by atoms with Gasteiger partial charge in [0.1, 0.15) is 0 Å². The summed E-state index contributed by atoms with van der Waals surface area (Å²) >= 11 is 0. The Morgan fingerprint density at radius 1 is 0.654 bits per heavy atom. The molecule has 4 unspecified atom stereocenters. The SMILES string of the molecule is C.C=CC/C=C\C=C/CN(/C=C/C=C\C=C/C)C1=CCC(c2ccc(C(C(/C=C\CC/C=C\CC(C/C=C\C)C3=CC=C(C4=CC=C(C(C/C=C\C)C5=CC=CCC5)C4)C=CC3)=C/CC)c3ccccc3)cc2)C=C1.CC.CC.CC. The minimum Gasteiger partial charge on any atom is -0.344 e. The van der Waals surface area contributed by atoms with Crippen LogP contribution in [0.1, 0.15) is 182 Å². The zero-order valence-electron chi connectivity index (χ0n) is 51.3. The molecule has 0 fully saturated rings. The highest BCUT2D eigenvalue weighted by Crippen LogP contribution is 2.40. The van der Waals surface area contributed by atoms with Gasteiger partial charge in [0.25, 0.3) is 0 Å². The van der Waals surface area contributed by atoms with Gasteiger partial charge in [0.05, 0.1) is 0 Å². The van der Waals surface area contributed by atoms with Gasteiger partial charge in [0.2, 0.25) is 0 Å². The van der Waals surface area contributed by atoms with Crippen molar-refractivity contribution in [3.8, 4) is 0 Å². The van der Waals surface area contributed by atoms with Gasteiger partial charge in [-0.3, -0.25) is 0 Å². The Morgan fingerprint density at radius 2 is 1.36 bits per heavy atom. The Morgan fingerprint density at radius 3 is 2.05 bits per heavy atom. The normalized spacial score (nSPS) is 17.5. The molecule has 1 heteroatoms. The fourth-order valence-corrected chi connectivity index (χ4v) is 10.3. The highest BCUT2D eigenvalue weighted by molar-refractivity contribution is 5.53. The van der Waals surface area contributed by atoms with E-state index in [0.29, 0.717) is 17.8 Å². The maximum atomic E-state index is 3.81. The van der Waals surface area contributed by atoms with Gasteiger partial charge in [-0.05, 0) is 149 Å². The van der Waals surface area contributed by atoms with E-state index in [9.17, 15) is 0 Å². The number of benzene rings is 2. The van der Waals surface area contributed by atoms with Crippen molar-refractivity contribution in [3.63, 3.8) is 0 Å². The van der Waals surface area contributed by atoms with Gasteiger partial charge in [-0.2, -0.15) is 0 Å². The van der Waals surface area contributed by atoms with E-state index in [1.54, 1.807) is 11.1 Å². The van der Waals surface area contributed by atoms with Gasteiger partial charge in [-0.15, -0.1) is 6.58 Å². The first-order valence-corrected chi connectivity index (χ1v) is 30.8. The first kappa shape index (κ1) is 70.1. The lowest BCUT2D eigenvalue weighted by Crippen LogP contribution is -2.17. The van der Waals surface area contributed by atoms with E-state index in [0.717, 1.165) is 77.2 Å². The molecule has 0 spiro atoms. The van der Waals surface area contributed by atoms with E-state index in [-0.39, 0.29) is 13.3 Å². The first-order chi connectivity index (χ1) is 39.6. The van der Waals surface area contributed by atoms with E-state index in [1.165, 1.54) is 51.1 Å². The van der Waals surface area contributed by atoms with Gasteiger partial charge in [0, 0.05) is 36.2 Å². The fraction of sp³-hybridized carbons (Fsp3) is 0.350.